The molecule has 1 heterocycles. The second kappa shape index (κ2) is 5.86. The molecule has 106 valence electrons. The number of hydrogen-bond donors (Lipinski definition) is 2. The quantitative estimate of drug-likeness (QED) is 0.842. The van der Waals surface area contributed by atoms with Gasteiger partial charge >= 0.3 is 5.97 Å². The van der Waals surface area contributed by atoms with E-state index < -0.39 is 11.9 Å². The van der Waals surface area contributed by atoms with Gasteiger partial charge in [0.25, 0.3) is 5.91 Å². The Morgan fingerprint density at radius 3 is 2.53 bits per heavy atom. The van der Waals surface area contributed by atoms with Crippen LogP contribution in [0.3, 0.4) is 0 Å². The van der Waals surface area contributed by atoms with Gasteiger partial charge in [-0.25, -0.2) is 4.98 Å². The minimum absolute atomic E-state index is 0.0969. The van der Waals surface area contributed by atoms with Gasteiger partial charge in [0.2, 0.25) is 0 Å². The fourth-order valence-corrected chi connectivity index (χ4v) is 1.87. The summed E-state index contributed by atoms with van der Waals surface area (Å²) >= 11 is 0. The Kier molecular flexibility index (Phi) is 4.69. The fourth-order valence-electron chi connectivity index (χ4n) is 1.87. The predicted molar refractivity (Wildman–Crippen MR) is 70.7 cm³/mol. The summed E-state index contributed by atoms with van der Waals surface area (Å²) in [6.07, 6.45) is 3.49. The second-order valence-corrected chi connectivity index (χ2v) is 5.90. The van der Waals surface area contributed by atoms with Crippen molar-refractivity contribution in [1.82, 2.24) is 14.9 Å². The highest BCUT2D eigenvalue weighted by molar-refractivity contribution is 5.92. The molecule has 6 nitrogen and oxygen atoms in total. The van der Waals surface area contributed by atoms with Crippen LogP contribution in [-0.4, -0.2) is 33.1 Å². The van der Waals surface area contributed by atoms with E-state index in [0.717, 1.165) is 0 Å². The van der Waals surface area contributed by atoms with Crippen molar-refractivity contribution in [3.63, 3.8) is 0 Å². The number of aryl methyl sites for hydroxylation is 1. The molecule has 0 aliphatic heterocycles. The maximum absolute atomic E-state index is 11.9. The van der Waals surface area contributed by atoms with Crippen LogP contribution < -0.4 is 5.32 Å². The van der Waals surface area contributed by atoms with Gasteiger partial charge in [-0.2, -0.15) is 0 Å². The summed E-state index contributed by atoms with van der Waals surface area (Å²) in [5.74, 6) is -1.78. The van der Waals surface area contributed by atoms with Gasteiger partial charge in [0.1, 0.15) is 5.69 Å². The molecule has 0 saturated carbocycles. The average molecular weight is 267 g/mol. The van der Waals surface area contributed by atoms with Crippen molar-refractivity contribution in [2.75, 3.05) is 6.54 Å². The molecule has 0 aliphatic rings. The largest absolute Gasteiger partial charge is 0.481 e. The molecule has 0 aliphatic carbocycles. The molecule has 0 spiro atoms. The first-order valence-electron chi connectivity index (χ1n) is 6.18. The van der Waals surface area contributed by atoms with E-state index in [0.29, 0.717) is 12.1 Å². The monoisotopic (exact) mass is 267 g/mol. The highest BCUT2D eigenvalue weighted by Gasteiger charge is 2.25. The molecule has 0 bridgehead atoms. The first-order valence-corrected chi connectivity index (χ1v) is 6.18. The zero-order chi connectivity index (χ0) is 14.6. The van der Waals surface area contributed by atoms with Gasteiger partial charge in [-0.3, -0.25) is 9.59 Å². The number of rotatable bonds is 5. The Labute approximate surface area is 112 Å². The second-order valence-electron chi connectivity index (χ2n) is 5.90. The Morgan fingerprint density at radius 2 is 2.11 bits per heavy atom. The van der Waals surface area contributed by atoms with Crippen LogP contribution in [0, 0.1) is 11.3 Å². The van der Waals surface area contributed by atoms with E-state index in [2.05, 4.69) is 10.3 Å². The Balaban J connectivity index is 2.60. The predicted octanol–water partition coefficient (Wildman–Crippen LogP) is 1.29. The third-order valence-corrected chi connectivity index (χ3v) is 2.77. The molecule has 1 aromatic rings. The van der Waals surface area contributed by atoms with Crippen LogP contribution in [0.4, 0.5) is 0 Å². The number of imidazole rings is 1. The van der Waals surface area contributed by atoms with Crippen LogP contribution in [0.15, 0.2) is 12.5 Å². The molecule has 1 aromatic heterocycles. The highest BCUT2D eigenvalue weighted by Crippen LogP contribution is 2.24. The smallest absolute Gasteiger partial charge is 0.308 e. The number of carboxylic acids is 1. The summed E-state index contributed by atoms with van der Waals surface area (Å²) in [5, 5.41) is 11.8. The molecule has 1 rings (SSSR count). The Hall–Kier alpha value is -1.85. The van der Waals surface area contributed by atoms with Gasteiger partial charge in [-0.15, -0.1) is 0 Å². The first-order chi connectivity index (χ1) is 8.70. The lowest BCUT2D eigenvalue weighted by Crippen LogP contribution is -2.35. The molecular formula is C13H21N3O3. The number of carboxylic acid groups (broad SMARTS) is 1. The van der Waals surface area contributed by atoms with Crippen LogP contribution in [0.5, 0.6) is 0 Å². The maximum atomic E-state index is 11.9. The third-order valence-electron chi connectivity index (χ3n) is 2.77. The van der Waals surface area contributed by atoms with Crippen molar-refractivity contribution in [2.45, 2.75) is 27.2 Å². The molecule has 1 unspecified atom stereocenters. The summed E-state index contributed by atoms with van der Waals surface area (Å²) < 4.78 is 1.59. The van der Waals surface area contributed by atoms with E-state index >= 15 is 0 Å². The summed E-state index contributed by atoms with van der Waals surface area (Å²) in [6.45, 7) is 6.06. The van der Waals surface area contributed by atoms with E-state index in [1.54, 1.807) is 11.6 Å². The van der Waals surface area contributed by atoms with E-state index in [1.165, 1.54) is 12.5 Å². The lowest BCUT2D eigenvalue weighted by molar-refractivity contribution is -0.142. The molecule has 0 radical (unpaired) electrons. The van der Waals surface area contributed by atoms with Crippen molar-refractivity contribution in [2.24, 2.45) is 18.4 Å². The molecule has 0 fully saturated rings. The zero-order valence-electron chi connectivity index (χ0n) is 11.8. The topological polar surface area (TPSA) is 84.2 Å². The van der Waals surface area contributed by atoms with Crippen molar-refractivity contribution < 1.29 is 14.7 Å². The number of hydrogen-bond acceptors (Lipinski definition) is 3. The summed E-state index contributed by atoms with van der Waals surface area (Å²) in [4.78, 5) is 26.9. The van der Waals surface area contributed by atoms with Gasteiger partial charge in [0.15, 0.2) is 0 Å². The third kappa shape index (κ3) is 4.73. The number of aliphatic carboxylic acids is 1. The van der Waals surface area contributed by atoms with Gasteiger partial charge < -0.3 is 15.0 Å². The number of aromatic nitrogens is 2. The summed E-state index contributed by atoms with van der Waals surface area (Å²) in [5.41, 5.74) is 0.320. The zero-order valence-corrected chi connectivity index (χ0v) is 11.8. The number of nitrogens with one attached hydrogen (secondary N) is 1. The number of carbonyl (C=O) groups excluding carboxylic acids is 1. The standard InChI is InChI=1S/C13H21N3O3/c1-13(2,3)5-9(12(18)19)6-15-11(17)10-7-14-8-16(10)4/h7-9H,5-6H2,1-4H3,(H,15,17)(H,18,19). The van der Waals surface area contributed by atoms with E-state index in [1.807, 2.05) is 20.8 Å². The lowest BCUT2D eigenvalue weighted by Gasteiger charge is -2.23. The molecule has 1 amide bonds. The van der Waals surface area contributed by atoms with Gasteiger partial charge in [0.05, 0.1) is 18.4 Å². The SMILES string of the molecule is Cn1cncc1C(=O)NCC(CC(C)(C)C)C(=O)O. The van der Waals surface area contributed by atoms with E-state index in [-0.39, 0.29) is 17.9 Å². The summed E-state index contributed by atoms with van der Waals surface area (Å²) in [7, 11) is 1.71. The molecule has 2 N–H and O–H groups in total. The van der Waals surface area contributed by atoms with Crippen molar-refractivity contribution in [3.05, 3.63) is 18.2 Å². The Bertz CT molecular complexity index is 460. The normalized spacial score (nSPS) is 13.1. The van der Waals surface area contributed by atoms with Crippen LogP contribution in [-0.2, 0) is 11.8 Å². The highest BCUT2D eigenvalue weighted by atomic mass is 16.4. The lowest BCUT2D eigenvalue weighted by atomic mass is 9.84. The minimum Gasteiger partial charge on any atom is -0.481 e. The molecule has 0 saturated heterocycles. The van der Waals surface area contributed by atoms with Crippen molar-refractivity contribution in [1.29, 1.82) is 0 Å². The van der Waals surface area contributed by atoms with E-state index in [4.69, 9.17) is 5.11 Å². The van der Waals surface area contributed by atoms with Gasteiger partial charge in [-0.05, 0) is 11.8 Å². The maximum Gasteiger partial charge on any atom is 0.308 e. The van der Waals surface area contributed by atoms with Crippen molar-refractivity contribution in [3.8, 4) is 0 Å². The van der Waals surface area contributed by atoms with Crippen LogP contribution >= 0.6 is 0 Å². The number of carbonyl (C=O) groups is 2. The molecule has 6 heteroatoms. The fraction of sp³-hybridized carbons (Fsp3) is 0.615. The van der Waals surface area contributed by atoms with E-state index in [9.17, 15) is 9.59 Å². The van der Waals surface area contributed by atoms with Gasteiger partial charge in [0, 0.05) is 13.6 Å². The number of amides is 1. The van der Waals surface area contributed by atoms with Crippen LogP contribution in [0.25, 0.3) is 0 Å². The molecule has 0 aromatic carbocycles. The van der Waals surface area contributed by atoms with Crippen molar-refractivity contribution >= 4 is 11.9 Å². The molecular weight excluding hydrogens is 246 g/mol. The van der Waals surface area contributed by atoms with Crippen LogP contribution in [0.1, 0.15) is 37.7 Å². The average Bonchev–Trinajstić information content (AvgIpc) is 2.68. The minimum atomic E-state index is -0.889. The molecule has 1 atom stereocenters. The summed E-state index contributed by atoms with van der Waals surface area (Å²) in [6, 6.07) is 0. The number of nitrogens with zero attached hydrogens (tertiary/aromatic N) is 2. The first kappa shape index (κ1) is 15.2. The Morgan fingerprint density at radius 1 is 1.47 bits per heavy atom. The van der Waals surface area contributed by atoms with Gasteiger partial charge in [-0.1, -0.05) is 20.8 Å². The van der Waals surface area contributed by atoms with Crippen LogP contribution in [0.2, 0.25) is 0 Å². The molecule has 19 heavy (non-hydrogen) atoms.